The van der Waals surface area contributed by atoms with Crippen LogP contribution in [0.15, 0.2) is 11.4 Å². The quantitative estimate of drug-likeness (QED) is 0.859. The topological polar surface area (TPSA) is 75.4 Å². The number of sulfonamides is 1. The van der Waals surface area contributed by atoms with Crippen molar-refractivity contribution < 1.29 is 13.5 Å². The number of hydrogen-bond acceptors (Lipinski definition) is 4. The first kappa shape index (κ1) is 12.8. The van der Waals surface area contributed by atoms with Crippen LogP contribution in [0.25, 0.3) is 0 Å². The van der Waals surface area contributed by atoms with Crippen molar-refractivity contribution in [2.24, 2.45) is 7.05 Å². The van der Waals surface area contributed by atoms with Crippen LogP contribution in [0.1, 0.15) is 12.8 Å². The molecule has 0 saturated carbocycles. The number of hydrogen-bond donors (Lipinski definition) is 1. The molecule has 0 aromatic carbocycles. The number of imidazole rings is 1. The minimum atomic E-state index is -3.70. The first-order valence-electron chi connectivity index (χ1n) is 5.28. The average molecular weight is 280 g/mol. The lowest BCUT2D eigenvalue weighted by Crippen LogP contribution is -2.37. The van der Waals surface area contributed by atoms with E-state index >= 15 is 0 Å². The number of halogens is 1. The molecule has 1 N–H and O–H groups in total. The van der Waals surface area contributed by atoms with Gasteiger partial charge >= 0.3 is 0 Å². The van der Waals surface area contributed by atoms with E-state index < -0.39 is 10.0 Å². The van der Waals surface area contributed by atoms with Crippen LogP contribution in [0.3, 0.4) is 0 Å². The smallest absolute Gasteiger partial charge is 0.264 e. The number of rotatable bonds is 3. The summed E-state index contributed by atoms with van der Waals surface area (Å²) < 4.78 is 27.3. The molecule has 1 saturated heterocycles. The van der Waals surface area contributed by atoms with E-state index in [-0.39, 0.29) is 22.8 Å². The second-order valence-electron chi connectivity index (χ2n) is 4.05. The van der Waals surface area contributed by atoms with Gasteiger partial charge in [0.15, 0.2) is 0 Å². The third-order valence-electron chi connectivity index (χ3n) is 2.92. The third kappa shape index (κ3) is 2.08. The van der Waals surface area contributed by atoms with Gasteiger partial charge in [-0.2, -0.15) is 4.31 Å². The van der Waals surface area contributed by atoms with Gasteiger partial charge < -0.3 is 9.67 Å². The summed E-state index contributed by atoms with van der Waals surface area (Å²) in [4.78, 5) is 3.82. The molecule has 1 aliphatic rings. The van der Waals surface area contributed by atoms with E-state index in [1.807, 2.05) is 0 Å². The molecule has 17 heavy (non-hydrogen) atoms. The van der Waals surface area contributed by atoms with E-state index in [4.69, 9.17) is 16.7 Å². The minimum absolute atomic E-state index is 0.0913. The molecule has 2 rings (SSSR count). The molecule has 6 nitrogen and oxygen atoms in total. The first-order chi connectivity index (χ1) is 7.98. The molecule has 0 radical (unpaired) electrons. The summed E-state index contributed by atoms with van der Waals surface area (Å²) in [5.41, 5.74) is 0. The fraction of sp³-hybridized carbons (Fsp3) is 0.667. The van der Waals surface area contributed by atoms with Crippen molar-refractivity contribution in [2.75, 3.05) is 13.2 Å². The summed E-state index contributed by atoms with van der Waals surface area (Å²) in [5.74, 6) is 0. The van der Waals surface area contributed by atoms with Crippen molar-refractivity contribution in [1.82, 2.24) is 13.9 Å². The third-order valence-corrected chi connectivity index (χ3v) is 5.36. The van der Waals surface area contributed by atoms with Crippen LogP contribution in [0, 0.1) is 0 Å². The predicted octanol–water partition coefficient (Wildman–Crippen LogP) is 0.219. The Balaban J connectivity index is 2.40. The summed E-state index contributed by atoms with van der Waals surface area (Å²) in [5, 5.41) is 9.11. The molecular weight excluding hydrogens is 266 g/mol. The fourth-order valence-corrected chi connectivity index (χ4v) is 4.06. The van der Waals surface area contributed by atoms with Gasteiger partial charge in [-0.25, -0.2) is 13.4 Å². The molecule has 8 heteroatoms. The highest BCUT2D eigenvalue weighted by atomic mass is 35.5. The van der Waals surface area contributed by atoms with Crippen LogP contribution in [-0.2, 0) is 17.1 Å². The van der Waals surface area contributed by atoms with Gasteiger partial charge in [-0.05, 0) is 12.8 Å². The van der Waals surface area contributed by atoms with E-state index in [0.717, 1.165) is 6.42 Å². The molecule has 96 valence electrons. The Hall–Kier alpha value is -0.630. The largest absolute Gasteiger partial charge is 0.395 e. The van der Waals surface area contributed by atoms with Crippen LogP contribution in [0.4, 0.5) is 0 Å². The maximum absolute atomic E-state index is 12.3. The standard InChI is InChI=1S/C9H14ClN3O3S/c1-12-6-11-9(8(12)10)17(15,16)13-4-2-3-7(13)5-14/h6-7,14H,2-5H2,1H3/t7-/m0/s1. The summed E-state index contributed by atoms with van der Waals surface area (Å²) >= 11 is 5.89. The summed E-state index contributed by atoms with van der Waals surface area (Å²) in [6.45, 7) is 0.226. The van der Waals surface area contributed by atoms with E-state index in [1.54, 1.807) is 7.05 Å². The Morgan fingerprint density at radius 1 is 1.65 bits per heavy atom. The Kier molecular flexibility index (Phi) is 3.44. The zero-order valence-corrected chi connectivity index (χ0v) is 10.9. The van der Waals surface area contributed by atoms with Gasteiger partial charge in [0.05, 0.1) is 12.9 Å². The van der Waals surface area contributed by atoms with Crippen LogP contribution in [-0.4, -0.2) is 46.6 Å². The molecule has 1 aliphatic heterocycles. The Labute approximate surface area is 105 Å². The highest BCUT2D eigenvalue weighted by Crippen LogP contribution is 2.28. The summed E-state index contributed by atoms with van der Waals surface area (Å²) in [6, 6.07) is -0.363. The maximum atomic E-state index is 12.3. The highest BCUT2D eigenvalue weighted by molar-refractivity contribution is 7.89. The van der Waals surface area contributed by atoms with E-state index in [0.29, 0.717) is 13.0 Å². The van der Waals surface area contributed by atoms with Crippen molar-refractivity contribution >= 4 is 21.6 Å². The molecule has 1 atom stereocenters. The molecule has 1 fully saturated rings. The molecule has 1 aromatic rings. The second kappa shape index (κ2) is 4.56. The van der Waals surface area contributed by atoms with Crippen LogP contribution in [0.2, 0.25) is 5.15 Å². The van der Waals surface area contributed by atoms with Gasteiger partial charge in [-0.3, -0.25) is 0 Å². The molecular formula is C9H14ClN3O3S. The predicted molar refractivity (Wildman–Crippen MR) is 62.2 cm³/mol. The molecule has 0 unspecified atom stereocenters. The number of aromatic nitrogens is 2. The normalized spacial score (nSPS) is 22.2. The van der Waals surface area contributed by atoms with Crippen LogP contribution >= 0.6 is 11.6 Å². The van der Waals surface area contributed by atoms with Gasteiger partial charge in [0.2, 0.25) is 5.03 Å². The SMILES string of the molecule is Cn1cnc(S(=O)(=O)N2CCC[C@H]2CO)c1Cl. The second-order valence-corrected chi connectivity index (χ2v) is 6.21. The first-order valence-corrected chi connectivity index (χ1v) is 7.10. The van der Waals surface area contributed by atoms with Crippen LogP contribution < -0.4 is 0 Å². The summed E-state index contributed by atoms with van der Waals surface area (Å²) in [6.07, 6.45) is 2.77. The number of aryl methyl sites for hydroxylation is 1. The molecule has 1 aromatic heterocycles. The van der Waals surface area contributed by atoms with Crippen molar-refractivity contribution in [3.8, 4) is 0 Å². The zero-order valence-electron chi connectivity index (χ0n) is 9.37. The van der Waals surface area contributed by atoms with Crippen molar-refractivity contribution in [3.05, 3.63) is 11.5 Å². The lowest BCUT2D eigenvalue weighted by molar-refractivity contribution is 0.213. The Bertz CT molecular complexity index is 514. The fourth-order valence-electron chi connectivity index (χ4n) is 1.99. The number of aliphatic hydroxyl groups excluding tert-OH is 1. The molecule has 0 aliphatic carbocycles. The van der Waals surface area contributed by atoms with E-state index in [2.05, 4.69) is 4.98 Å². The Morgan fingerprint density at radius 3 is 2.88 bits per heavy atom. The van der Waals surface area contributed by atoms with Crippen LogP contribution in [0.5, 0.6) is 0 Å². The maximum Gasteiger partial charge on any atom is 0.264 e. The lowest BCUT2D eigenvalue weighted by Gasteiger charge is -2.21. The van der Waals surface area contributed by atoms with Gasteiger partial charge in [0.25, 0.3) is 10.0 Å². The minimum Gasteiger partial charge on any atom is -0.395 e. The average Bonchev–Trinajstić information content (AvgIpc) is 2.87. The van der Waals surface area contributed by atoms with Gasteiger partial charge in [-0.15, -0.1) is 0 Å². The van der Waals surface area contributed by atoms with E-state index in [9.17, 15) is 8.42 Å². The van der Waals surface area contributed by atoms with E-state index in [1.165, 1.54) is 15.2 Å². The van der Waals surface area contributed by atoms with Crippen molar-refractivity contribution in [1.29, 1.82) is 0 Å². The van der Waals surface area contributed by atoms with Gasteiger partial charge in [0, 0.05) is 19.6 Å². The molecule has 0 bridgehead atoms. The van der Waals surface area contributed by atoms with Gasteiger partial charge in [-0.1, -0.05) is 11.6 Å². The molecule has 2 heterocycles. The number of aliphatic hydroxyl groups is 1. The molecule has 0 spiro atoms. The zero-order chi connectivity index (χ0) is 12.6. The lowest BCUT2D eigenvalue weighted by atomic mass is 10.2. The van der Waals surface area contributed by atoms with Crippen molar-refractivity contribution in [2.45, 2.75) is 23.9 Å². The molecule has 0 amide bonds. The highest BCUT2D eigenvalue weighted by Gasteiger charge is 2.37. The Morgan fingerprint density at radius 2 is 2.35 bits per heavy atom. The van der Waals surface area contributed by atoms with Crippen molar-refractivity contribution in [3.63, 3.8) is 0 Å². The monoisotopic (exact) mass is 279 g/mol. The van der Waals surface area contributed by atoms with Gasteiger partial charge in [0.1, 0.15) is 5.15 Å². The summed E-state index contributed by atoms with van der Waals surface area (Å²) in [7, 11) is -2.07. The number of nitrogens with zero attached hydrogens (tertiary/aromatic N) is 3.